The number of para-hydroxylation sites is 3. The molecule has 0 spiro atoms. The zero-order valence-corrected chi connectivity index (χ0v) is 30.5. The molecule has 0 saturated heterocycles. The smallest absolute Gasteiger partial charge is 0.137 e. The van der Waals surface area contributed by atoms with Crippen LogP contribution >= 0.6 is 0 Å². The predicted octanol–water partition coefficient (Wildman–Crippen LogP) is 12.8. The molecule has 266 valence electrons. The molecule has 54 heavy (non-hydrogen) atoms. The van der Waals surface area contributed by atoms with E-state index in [4.69, 9.17) is 13.0 Å². The lowest BCUT2D eigenvalue weighted by Crippen LogP contribution is -2.25. The van der Waals surface area contributed by atoms with Crippen molar-refractivity contribution < 1.29 is 13.0 Å². The highest BCUT2D eigenvalue weighted by Gasteiger charge is 2.30. The highest BCUT2D eigenvalue weighted by atomic mass is 16.5. The third-order valence-corrected chi connectivity index (χ3v) is 10.7. The minimum Gasteiger partial charge on any atom is -0.457 e. The molecular weight excluding hydrogens is 661 g/mol. The minimum atomic E-state index is -2.80. The summed E-state index contributed by atoms with van der Waals surface area (Å²) in [5.74, 6) is 1.66. The Morgan fingerprint density at radius 2 is 1.20 bits per heavy atom. The third kappa shape index (κ3) is 5.86. The van der Waals surface area contributed by atoms with Crippen molar-refractivity contribution in [3.05, 3.63) is 181 Å². The number of hydrogen-bond acceptors (Lipinski definition) is 4. The molecule has 0 radical (unpaired) electrons. The largest absolute Gasteiger partial charge is 0.457 e. The zero-order valence-electron chi connectivity index (χ0n) is 36.5. The quantitative estimate of drug-likeness (QED) is 0.165. The van der Waals surface area contributed by atoms with Gasteiger partial charge < -0.3 is 14.5 Å². The number of hydrogen-bond donors (Lipinski definition) is 0. The van der Waals surface area contributed by atoms with Crippen molar-refractivity contribution in [2.24, 2.45) is 0 Å². The number of aromatic nitrogens is 2. The highest BCUT2D eigenvalue weighted by Crippen LogP contribution is 2.46. The molecule has 5 heteroatoms. The van der Waals surface area contributed by atoms with Gasteiger partial charge in [-0.3, -0.25) is 4.57 Å². The monoisotopic (exact) mass is 710 g/mol. The Morgan fingerprint density at radius 1 is 0.556 bits per heavy atom. The number of rotatable bonds is 7. The first-order valence-corrected chi connectivity index (χ1v) is 18.2. The van der Waals surface area contributed by atoms with Gasteiger partial charge in [0.2, 0.25) is 0 Å². The van der Waals surface area contributed by atoms with E-state index < -0.39 is 19.1 Å². The maximum atomic E-state index is 8.26. The van der Waals surface area contributed by atoms with E-state index in [0.29, 0.717) is 24.0 Å². The molecule has 0 unspecified atom stereocenters. The van der Waals surface area contributed by atoms with E-state index in [2.05, 4.69) is 114 Å². The fourth-order valence-corrected chi connectivity index (χ4v) is 7.70. The first-order valence-electron chi connectivity index (χ1n) is 21.2. The SMILES string of the molecule is [2H]C([2H])([2H])C(C)(c1ccnc(-n2c3ccccc3c3ccc(Oc4cccc(N5CN(c6cccc(C(C)(C)c7ccccc7)c6)c6ccccc65)c4)cc32)c1)C([2H])([2H])[2H]. The fraction of sp³-hybridized carbons (Fsp3) is 0.163. The van der Waals surface area contributed by atoms with Crippen LogP contribution in [0.15, 0.2) is 164 Å². The van der Waals surface area contributed by atoms with E-state index >= 15 is 0 Å². The molecule has 6 aromatic carbocycles. The number of pyridine rings is 1. The van der Waals surface area contributed by atoms with Crippen molar-refractivity contribution in [1.82, 2.24) is 9.55 Å². The summed E-state index contributed by atoms with van der Waals surface area (Å²) in [5, 5.41) is 1.91. The van der Waals surface area contributed by atoms with Gasteiger partial charge in [-0.1, -0.05) is 113 Å². The van der Waals surface area contributed by atoms with Gasteiger partial charge in [0.05, 0.1) is 22.4 Å². The summed E-state index contributed by atoms with van der Waals surface area (Å²) in [6, 6.07) is 52.8. The van der Waals surface area contributed by atoms with Crippen LogP contribution in [0.5, 0.6) is 11.5 Å². The number of fused-ring (bicyclic) bond motifs is 4. The summed E-state index contributed by atoms with van der Waals surface area (Å²) >= 11 is 0. The van der Waals surface area contributed by atoms with E-state index in [1.165, 1.54) is 30.3 Å². The van der Waals surface area contributed by atoms with Crippen molar-refractivity contribution >= 4 is 44.6 Å². The molecule has 1 aliphatic rings. The molecule has 3 heterocycles. The van der Waals surface area contributed by atoms with E-state index in [9.17, 15) is 0 Å². The van der Waals surface area contributed by atoms with Gasteiger partial charge in [0.1, 0.15) is 24.0 Å². The van der Waals surface area contributed by atoms with Gasteiger partial charge in [0.15, 0.2) is 0 Å². The van der Waals surface area contributed by atoms with Crippen LogP contribution in [0.25, 0.3) is 27.6 Å². The van der Waals surface area contributed by atoms with Gasteiger partial charge in [-0.05, 0) is 88.8 Å². The number of ether oxygens (including phenoxy) is 1. The first kappa shape index (κ1) is 27.3. The first-order chi connectivity index (χ1) is 28.6. The van der Waals surface area contributed by atoms with E-state index in [0.717, 1.165) is 44.6 Å². The Hall–Kier alpha value is -6.33. The number of nitrogens with zero attached hydrogens (tertiary/aromatic N) is 4. The molecule has 0 saturated carbocycles. The lowest BCUT2D eigenvalue weighted by atomic mass is 9.78. The maximum Gasteiger partial charge on any atom is 0.137 e. The molecule has 0 atom stereocenters. The van der Waals surface area contributed by atoms with Crippen molar-refractivity contribution in [3.63, 3.8) is 0 Å². The molecule has 0 N–H and O–H groups in total. The van der Waals surface area contributed by atoms with Gasteiger partial charge in [-0.25, -0.2) is 4.98 Å². The maximum absolute atomic E-state index is 8.26. The summed E-state index contributed by atoms with van der Waals surface area (Å²) in [6.45, 7) is 0.828. The Morgan fingerprint density at radius 3 is 1.98 bits per heavy atom. The second-order valence-corrected chi connectivity index (χ2v) is 14.7. The van der Waals surface area contributed by atoms with Crippen LogP contribution in [-0.4, -0.2) is 16.2 Å². The second kappa shape index (κ2) is 13.0. The van der Waals surface area contributed by atoms with Crippen LogP contribution in [0, 0.1) is 0 Å². The number of benzene rings is 6. The number of anilines is 4. The average Bonchev–Trinajstić information content (AvgIpc) is 3.79. The molecule has 0 fully saturated rings. The van der Waals surface area contributed by atoms with Gasteiger partial charge in [0, 0.05) is 54.1 Å². The standard InChI is InChI=1S/C49H44N4O/c1-48(2,3)35-27-28-50-47(30-35)53-43-22-10-9-21-41(43)42-26-25-40(32-46(42)53)54-39-20-14-19-38(31-39)52-33-51(44-23-11-12-24-45(44)52)37-18-13-17-36(29-37)49(4,5)34-15-7-6-8-16-34/h6-32H,33H2,1-5H3/i1D3,2D3. The lowest BCUT2D eigenvalue weighted by molar-refractivity contribution is 0.483. The molecule has 1 aliphatic heterocycles. The topological polar surface area (TPSA) is 33.5 Å². The van der Waals surface area contributed by atoms with Crippen molar-refractivity contribution in [3.8, 4) is 17.3 Å². The van der Waals surface area contributed by atoms with Gasteiger partial charge in [-0.15, -0.1) is 0 Å². The van der Waals surface area contributed by atoms with Gasteiger partial charge in [0.25, 0.3) is 0 Å². The third-order valence-electron chi connectivity index (χ3n) is 10.7. The van der Waals surface area contributed by atoms with Crippen LogP contribution in [-0.2, 0) is 10.8 Å². The summed E-state index contributed by atoms with van der Waals surface area (Å²) < 4.78 is 58.1. The molecule has 2 aromatic heterocycles. The second-order valence-electron chi connectivity index (χ2n) is 14.7. The minimum absolute atomic E-state index is 0.161. The Kier molecular flexibility index (Phi) is 6.55. The Balaban J connectivity index is 1.05. The molecule has 0 amide bonds. The molecule has 9 rings (SSSR count). The van der Waals surface area contributed by atoms with Crippen molar-refractivity contribution in [2.75, 3.05) is 16.5 Å². The van der Waals surface area contributed by atoms with Crippen LogP contribution in [0.4, 0.5) is 22.7 Å². The molecule has 0 aliphatic carbocycles. The Bertz CT molecular complexity index is 2870. The Labute approximate surface area is 326 Å². The molecule has 5 nitrogen and oxygen atoms in total. The fourth-order valence-electron chi connectivity index (χ4n) is 7.70. The van der Waals surface area contributed by atoms with E-state index in [1.54, 1.807) is 6.07 Å². The van der Waals surface area contributed by atoms with Crippen LogP contribution in [0.2, 0.25) is 0 Å². The van der Waals surface area contributed by atoms with Gasteiger partial charge in [-0.2, -0.15) is 0 Å². The van der Waals surface area contributed by atoms with E-state index in [1.807, 2.05) is 65.2 Å². The summed E-state index contributed by atoms with van der Waals surface area (Å²) in [5.41, 5.74) is 6.28. The van der Waals surface area contributed by atoms with Gasteiger partial charge >= 0.3 is 0 Å². The average molecular weight is 711 g/mol. The highest BCUT2D eigenvalue weighted by molar-refractivity contribution is 6.09. The molecule has 0 bridgehead atoms. The van der Waals surface area contributed by atoms with Crippen LogP contribution in [0.3, 0.4) is 0 Å². The molecule has 8 aromatic rings. The summed E-state index contributed by atoms with van der Waals surface area (Å²) in [7, 11) is 0. The summed E-state index contributed by atoms with van der Waals surface area (Å²) in [4.78, 5) is 9.30. The predicted molar refractivity (Wildman–Crippen MR) is 224 cm³/mol. The van der Waals surface area contributed by atoms with Crippen molar-refractivity contribution in [2.45, 2.75) is 45.3 Å². The molecular formula is C49H44N4O. The van der Waals surface area contributed by atoms with E-state index in [-0.39, 0.29) is 11.0 Å². The van der Waals surface area contributed by atoms with Crippen molar-refractivity contribution in [1.29, 1.82) is 0 Å². The normalized spacial score (nSPS) is 15.2. The summed E-state index contributed by atoms with van der Waals surface area (Å²) in [6.07, 6.45) is 1.48. The zero-order chi connectivity index (χ0) is 42.0. The lowest BCUT2D eigenvalue weighted by Gasteiger charge is -2.28. The van der Waals surface area contributed by atoms with Crippen LogP contribution in [0.1, 0.15) is 59.4 Å². The van der Waals surface area contributed by atoms with Crippen LogP contribution < -0.4 is 14.5 Å².